The van der Waals surface area contributed by atoms with Crippen LogP contribution in [0.1, 0.15) is 24.5 Å². The Balaban J connectivity index is 1.43. The maximum atomic E-state index is 13.5. The summed E-state index contributed by atoms with van der Waals surface area (Å²) in [4.78, 5) is 37.7. The second kappa shape index (κ2) is 9.65. The Morgan fingerprint density at radius 2 is 1.68 bits per heavy atom. The van der Waals surface area contributed by atoms with Crippen molar-refractivity contribution in [2.45, 2.75) is 31.1 Å². The molecule has 1 N–H and O–H groups in total. The third-order valence-corrected chi connectivity index (χ3v) is 7.09. The highest BCUT2D eigenvalue weighted by Gasteiger charge is 2.42. The van der Waals surface area contributed by atoms with Gasteiger partial charge in [0.25, 0.3) is 5.91 Å². The molecule has 2 amide bonds. The van der Waals surface area contributed by atoms with Crippen LogP contribution in [-0.2, 0) is 16.0 Å². The van der Waals surface area contributed by atoms with Gasteiger partial charge in [-0.15, -0.1) is 0 Å². The molecule has 0 fully saturated rings. The van der Waals surface area contributed by atoms with E-state index >= 15 is 0 Å². The lowest BCUT2D eigenvalue weighted by atomic mass is 10.1. The molecular formula is C27H24N4O2S. The molecule has 0 unspecified atom stereocenters. The summed E-state index contributed by atoms with van der Waals surface area (Å²) in [6, 6.07) is 26.4. The van der Waals surface area contributed by atoms with Crippen LogP contribution in [0.3, 0.4) is 0 Å². The zero-order chi connectivity index (χ0) is 23.5. The van der Waals surface area contributed by atoms with Crippen LogP contribution in [0, 0.1) is 0 Å². The molecule has 2 heterocycles. The number of nitrogens with zero attached hydrogens (tertiary/aromatic N) is 3. The third-order valence-electron chi connectivity index (χ3n) is 5.77. The van der Waals surface area contributed by atoms with Crippen molar-refractivity contribution in [3.8, 4) is 0 Å². The van der Waals surface area contributed by atoms with E-state index < -0.39 is 11.3 Å². The summed E-state index contributed by atoms with van der Waals surface area (Å²) in [6.07, 6.45) is 1.11. The van der Waals surface area contributed by atoms with E-state index in [1.807, 2.05) is 91.9 Å². The number of para-hydroxylation sites is 2. The van der Waals surface area contributed by atoms with Gasteiger partial charge in [-0.1, -0.05) is 79.3 Å². The lowest BCUT2D eigenvalue weighted by Gasteiger charge is -2.27. The van der Waals surface area contributed by atoms with Gasteiger partial charge in [0.05, 0.1) is 10.9 Å². The number of nitrogens with one attached hydrogen (secondary N) is 1. The van der Waals surface area contributed by atoms with E-state index in [-0.39, 0.29) is 11.8 Å². The van der Waals surface area contributed by atoms with E-state index in [1.54, 1.807) is 4.90 Å². The van der Waals surface area contributed by atoms with Gasteiger partial charge in [-0.05, 0) is 36.2 Å². The minimum Gasteiger partial charge on any atom is -0.325 e. The molecule has 34 heavy (non-hydrogen) atoms. The van der Waals surface area contributed by atoms with Gasteiger partial charge in [0, 0.05) is 17.7 Å². The Hall–Kier alpha value is -3.71. The molecule has 170 valence electrons. The number of thioether (sulfide) groups is 1. The van der Waals surface area contributed by atoms with Crippen LogP contribution in [0.4, 0.5) is 11.4 Å². The topological polar surface area (TPSA) is 74.1 Å². The predicted molar refractivity (Wildman–Crippen MR) is 138 cm³/mol. The van der Waals surface area contributed by atoms with Gasteiger partial charge >= 0.3 is 0 Å². The fourth-order valence-corrected chi connectivity index (χ4v) is 5.07. The maximum Gasteiger partial charge on any atom is 0.259 e. The first kappa shape index (κ1) is 22.1. The van der Waals surface area contributed by atoms with E-state index in [0.29, 0.717) is 23.8 Å². The van der Waals surface area contributed by atoms with Crippen molar-refractivity contribution in [3.05, 3.63) is 96.1 Å². The number of amidine groups is 2. The number of aliphatic imine (C=N–C) groups is 2. The van der Waals surface area contributed by atoms with Gasteiger partial charge in [-0.3, -0.25) is 14.6 Å². The number of carbonyl (C=O) groups excluding carboxylic acids is 2. The van der Waals surface area contributed by atoms with Crippen LogP contribution in [0.15, 0.2) is 94.9 Å². The van der Waals surface area contributed by atoms with Gasteiger partial charge < -0.3 is 5.32 Å². The van der Waals surface area contributed by atoms with Crippen LogP contribution in [0.5, 0.6) is 0 Å². The average Bonchev–Trinajstić information content (AvgIpc) is 3.20. The first-order chi connectivity index (χ1) is 16.6. The first-order valence-corrected chi connectivity index (χ1v) is 12.2. The molecule has 2 aliphatic heterocycles. The highest BCUT2D eigenvalue weighted by molar-refractivity contribution is 8.15. The van der Waals surface area contributed by atoms with Crippen molar-refractivity contribution in [3.63, 3.8) is 0 Å². The molecule has 3 aromatic carbocycles. The van der Waals surface area contributed by atoms with Crippen LogP contribution < -0.4 is 5.32 Å². The van der Waals surface area contributed by atoms with Crippen molar-refractivity contribution in [1.29, 1.82) is 0 Å². The van der Waals surface area contributed by atoms with E-state index in [4.69, 9.17) is 9.98 Å². The Morgan fingerprint density at radius 1 is 1.00 bits per heavy atom. The standard InChI is InChI=1S/C27H24N4O2S/c1-2-23(25(32)28-19-13-7-4-8-14-19)34-27-30-21-16-10-9-15-20(21)24-29-22(26(33)31(24)27)17-18-11-5-3-6-12-18/h3-16,22-23H,2,17H2,1H3,(H,28,32)/t22-,23+/m0/s1. The average molecular weight is 469 g/mol. The molecule has 3 aromatic rings. The highest BCUT2D eigenvalue weighted by Crippen LogP contribution is 2.35. The Morgan fingerprint density at radius 3 is 2.41 bits per heavy atom. The zero-order valence-electron chi connectivity index (χ0n) is 18.7. The van der Waals surface area contributed by atoms with Gasteiger partial charge in [-0.25, -0.2) is 9.89 Å². The van der Waals surface area contributed by atoms with Gasteiger partial charge in [-0.2, -0.15) is 0 Å². The molecule has 6 nitrogen and oxygen atoms in total. The van der Waals surface area contributed by atoms with Crippen molar-refractivity contribution in [2.75, 3.05) is 5.32 Å². The van der Waals surface area contributed by atoms with Gasteiger partial charge in [0.1, 0.15) is 11.9 Å². The number of amides is 2. The van der Waals surface area contributed by atoms with Crippen LogP contribution in [0.2, 0.25) is 0 Å². The van der Waals surface area contributed by atoms with Crippen molar-refractivity contribution >= 4 is 46.0 Å². The van der Waals surface area contributed by atoms with Crippen LogP contribution in [0.25, 0.3) is 0 Å². The minimum absolute atomic E-state index is 0.113. The number of benzene rings is 3. The summed E-state index contributed by atoms with van der Waals surface area (Å²) in [7, 11) is 0. The Kier molecular flexibility index (Phi) is 6.27. The summed E-state index contributed by atoms with van der Waals surface area (Å²) >= 11 is 1.31. The smallest absolute Gasteiger partial charge is 0.259 e. The quantitative estimate of drug-likeness (QED) is 0.551. The Bertz CT molecular complexity index is 1270. The molecule has 0 saturated carbocycles. The molecule has 0 aliphatic carbocycles. The molecule has 2 atom stereocenters. The minimum atomic E-state index is -0.521. The van der Waals surface area contributed by atoms with Crippen LogP contribution in [-0.4, -0.2) is 39.0 Å². The number of rotatable bonds is 6. The summed E-state index contributed by atoms with van der Waals surface area (Å²) < 4.78 is 0. The summed E-state index contributed by atoms with van der Waals surface area (Å²) in [5.41, 5.74) is 3.38. The normalized spacial score (nSPS) is 17.4. The third kappa shape index (κ3) is 4.39. The molecule has 0 radical (unpaired) electrons. The molecule has 0 saturated heterocycles. The summed E-state index contributed by atoms with van der Waals surface area (Å²) in [6.45, 7) is 1.96. The van der Waals surface area contributed by atoms with E-state index in [1.165, 1.54) is 11.8 Å². The van der Waals surface area contributed by atoms with Crippen LogP contribution >= 0.6 is 11.8 Å². The van der Waals surface area contributed by atoms with Gasteiger partial charge in [0.15, 0.2) is 5.17 Å². The summed E-state index contributed by atoms with van der Waals surface area (Å²) in [5.74, 6) is 0.376. The van der Waals surface area contributed by atoms with E-state index in [2.05, 4.69) is 5.32 Å². The molecule has 0 bridgehead atoms. The second-order valence-electron chi connectivity index (χ2n) is 8.11. The maximum absolute atomic E-state index is 13.5. The first-order valence-electron chi connectivity index (χ1n) is 11.3. The highest BCUT2D eigenvalue weighted by atomic mass is 32.2. The van der Waals surface area contributed by atoms with Gasteiger partial charge in [0.2, 0.25) is 5.91 Å². The molecule has 0 spiro atoms. The SMILES string of the molecule is CC[C@@H](SC1=Nc2ccccc2C2=N[C@@H](Cc3ccccc3)C(=O)N12)C(=O)Nc1ccccc1. The number of anilines is 1. The fraction of sp³-hybridized carbons (Fsp3) is 0.185. The number of hydrogen-bond acceptors (Lipinski definition) is 5. The van der Waals surface area contributed by atoms with E-state index in [0.717, 1.165) is 22.5 Å². The van der Waals surface area contributed by atoms with E-state index in [9.17, 15) is 9.59 Å². The largest absolute Gasteiger partial charge is 0.325 e. The second-order valence-corrected chi connectivity index (χ2v) is 9.28. The van der Waals surface area contributed by atoms with Crippen molar-refractivity contribution in [1.82, 2.24) is 4.90 Å². The number of fused-ring (bicyclic) bond motifs is 3. The molecule has 7 heteroatoms. The fourth-order valence-electron chi connectivity index (χ4n) is 4.05. The number of hydrogen-bond donors (Lipinski definition) is 1. The predicted octanol–water partition coefficient (Wildman–Crippen LogP) is 5.04. The lowest BCUT2D eigenvalue weighted by Crippen LogP contribution is -2.42. The molecule has 0 aromatic heterocycles. The monoisotopic (exact) mass is 468 g/mol. The molecule has 2 aliphatic rings. The molecular weight excluding hydrogens is 444 g/mol. The summed E-state index contributed by atoms with van der Waals surface area (Å²) in [5, 5.41) is 3.05. The number of carbonyl (C=O) groups is 2. The van der Waals surface area contributed by atoms with Crippen molar-refractivity contribution in [2.24, 2.45) is 9.98 Å². The molecule has 5 rings (SSSR count). The lowest BCUT2D eigenvalue weighted by molar-refractivity contribution is -0.124. The Labute approximate surface area is 202 Å². The zero-order valence-corrected chi connectivity index (χ0v) is 19.5. The van der Waals surface area contributed by atoms with Crippen molar-refractivity contribution < 1.29 is 9.59 Å².